The van der Waals surface area contributed by atoms with Gasteiger partial charge in [0.25, 0.3) is 0 Å². The molecule has 0 aliphatic heterocycles. The first-order valence-corrected chi connectivity index (χ1v) is 10.1. The minimum absolute atomic E-state index is 0.0806. The molecule has 1 aromatic rings. The maximum absolute atomic E-state index is 9.55. The number of benzene rings is 1. The van der Waals surface area contributed by atoms with Crippen LogP contribution in [0.4, 0.5) is 0 Å². The van der Waals surface area contributed by atoms with Gasteiger partial charge in [0.05, 0.1) is 6.61 Å². The van der Waals surface area contributed by atoms with Crippen molar-refractivity contribution >= 4 is 0 Å². The van der Waals surface area contributed by atoms with E-state index in [4.69, 9.17) is 5.73 Å². The number of hydrogen-bond donors (Lipinski definition) is 2. The average Bonchev–Trinajstić information content (AvgIpc) is 2.80. The molecule has 3 N–H and O–H groups in total. The molecule has 0 fully saturated rings. The number of aryl methyl sites for hydroxylation is 3. The van der Waals surface area contributed by atoms with Crippen molar-refractivity contribution in [1.29, 1.82) is 0 Å². The van der Waals surface area contributed by atoms with Crippen LogP contribution in [0.5, 0.6) is 0 Å². The van der Waals surface area contributed by atoms with Gasteiger partial charge in [0.1, 0.15) is 0 Å². The summed E-state index contributed by atoms with van der Waals surface area (Å²) < 4.78 is 0. The van der Waals surface area contributed by atoms with Crippen LogP contribution in [-0.4, -0.2) is 17.3 Å². The van der Waals surface area contributed by atoms with Crippen molar-refractivity contribution in [2.24, 2.45) is 11.7 Å². The second-order valence-electron chi connectivity index (χ2n) is 8.06. The molecule has 2 nitrogen and oxygen atoms in total. The number of fused-ring (bicyclic) bond motifs is 1. The standard InChI is InChI=1S/C22H37NO/c1-3-4-5-6-7-8-9-18-10-11-19-12-14-21(22(2,23)17-24)15-13-20(19)16-18/h10-11,16,21,24H,3-9,12-15,17,23H2,1-2H3/t21-,22-/m1/s1. The number of unbranched alkanes of at least 4 members (excludes halogenated alkanes) is 5. The largest absolute Gasteiger partial charge is 0.394 e. The molecule has 0 aromatic heterocycles. The smallest absolute Gasteiger partial charge is 0.0611 e. The fraction of sp³-hybridized carbons (Fsp3) is 0.727. The van der Waals surface area contributed by atoms with Gasteiger partial charge in [0.15, 0.2) is 0 Å². The molecule has 2 heteroatoms. The zero-order chi connectivity index (χ0) is 17.4. The summed E-state index contributed by atoms with van der Waals surface area (Å²) in [5.41, 5.74) is 10.4. The van der Waals surface area contributed by atoms with Crippen molar-refractivity contribution < 1.29 is 5.11 Å². The van der Waals surface area contributed by atoms with Gasteiger partial charge in [-0.15, -0.1) is 0 Å². The Morgan fingerprint density at radius 3 is 2.42 bits per heavy atom. The summed E-state index contributed by atoms with van der Waals surface area (Å²) in [6.07, 6.45) is 13.8. The molecule has 0 saturated carbocycles. The normalized spacial score (nSPS) is 20.2. The van der Waals surface area contributed by atoms with Gasteiger partial charge in [-0.3, -0.25) is 0 Å². The Balaban J connectivity index is 1.86. The Kier molecular flexibility index (Phi) is 7.77. The predicted molar refractivity (Wildman–Crippen MR) is 103 cm³/mol. The molecule has 1 aliphatic rings. The van der Waals surface area contributed by atoms with Crippen molar-refractivity contribution in [1.82, 2.24) is 0 Å². The summed E-state index contributed by atoms with van der Waals surface area (Å²) in [5, 5.41) is 9.55. The average molecular weight is 332 g/mol. The fourth-order valence-corrected chi connectivity index (χ4v) is 4.01. The van der Waals surface area contributed by atoms with Gasteiger partial charge in [-0.05, 0) is 68.1 Å². The third-order valence-corrected chi connectivity index (χ3v) is 5.89. The van der Waals surface area contributed by atoms with Crippen molar-refractivity contribution in [3.05, 3.63) is 34.9 Å². The van der Waals surface area contributed by atoms with Gasteiger partial charge in [0, 0.05) is 5.54 Å². The molecule has 0 heterocycles. The first-order chi connectivity index (χ1) is 11.6. The van der Waals surface area contributed by atoms with Crippen LogP contribution in [-0.2, 0) is 19.3 Å². The lowest BCUT2D eigenvalue weighted by molar-refractivity contribution is 0.144. The van der Waals surface area contributed by atoms with Crippen LogP contribution in [0.15, 0.2) is 18.2 Å². The molecule has 2 atom stereocenters. The minimum atomic E-state index is -0.441. The highest BCUT2D eigenvalue weighted by Crippen LogP contribution is 2.31. The summed E-state index contributed by atoms with van der Waals surface area (Å²) in [5.74, 6) is 0.414. The van der Waals surface area contributed by atoms with E-state index < -0.39 is 5.54 Å². The van der Waals surface area contributed by atoms with Crippen molar-refractivity contribution in [2.75, 3.05) is 6.61 Å². The lowest BCUT2D eigenvalue weighted by Crippen LogP contribution is -2.47. The second-order valence-corrected chi connectivity index (χ2v) is 8.06. The number of aliphatic hydroxyl groups is 1. The first kappa shape index (κ1) is 19.5. The number of rotatable bonds is 9. The van der Waals surface area contributed by atoms with Gasteiger partial charge >= 0.3 is 0 Å². The molecule has 136 valence electrons. The van der Waals surface area contributed by atoms with E-state index in [-0.39, 0.29) is 6.61 Å². The summed E-state index contributed by atoms with van der Waals surface area (Å²) in [6, 6.07) is 7.12. The van der Waals surface area contributed by atoms with Crippen molar-refractivity contribution in [3.63, 3.8) is 0 Å². The third kappa shape index (κ3) is 5.60. The zero-order valence-corrected chi connectivity index (χ0v) is 15.8. The van der Waals surface area contributed by atoms with Gasteiger partial charge in [-0.1, -0.05) is 57.2 Å². The summed E-state index contributed by atoms with van der Waals surface area (Å²) >= 11 is 0. The minimum Gasteiger partial charge on any atom is -0.394 e. The van der Waals surface area contributed by atoms with Crippen LogP contribution >= 0.6 is 0 Å². The van der Waals surface area contributed by atoms with E-state index in [0.29, 0.717) is 5.92 Å². The molecule has 0 unspecified atom stereocenters. The summed E-state index contributed by atoms with van der Waals surface area (Å²) in [7, 11) is 0. The highest BCUT2D eigenvalue weighted by molar-refractivity contribution is 5.33. The maximum Gasteiger partial charge on any atom is 0.0611 e. The van der Waals surface area contributed by atoms with E-state index in [2.05, 4.69) is 25.1 Å². The fourth-order valence-electron chi connectivity index (χ4n) is 4.01. The highest BCUT2D eigenvalue weighted by Gasteiger charge is 2.30. The monoisotopic (exact) mass is 331 g/mol. The van der Waals surface area contributed by atoms with E-state index >= 15 is 0 Å². The molecule has 0 saturated heterocycles. The Morgan fingerprint density at radius 1 is 1.04 bits per heavy atom. The van der Waals surface area contributed by atoms with E-state index in [1.54, 1.807) is 0 Å². The van der Waals surface area contributed by atoms with E-state index in [9.17, 15) is 5.11 Å². The molecule has 1 aliphatic carbocycles. The van der Waals surface area contributed by atoms with Crippen LogP contribution in [0.3, 0.4) is 0 Å². The number of aliphatic hydroxyl groups excluding tert-OH is 1. The van der Waals surface area contributed by atoms with Gasteiger partial charge in [-0.2, -0.15) is 0 Å². The predicted octanol–water partition coefficient (Wildman–Crippen LogP) is 4.79. The lowest BCUT2D eigenvalue weighted by Gasteiger charge is -2.31. The number of hydrogen-bond acceptors (Lipinski definition) is 2. The molecule has 2 rings (SSSR count). The van der Waals surface area contributed by atoms with Crippen LogP contribution in [0.25, 0.3) is 0 Å². The number of nitrogens with two attached hydrogens (primary N) is 1. The molecule has 0 spiro atoms. The SMILES string of the molecule is CCCCCCCCc1ccc2c(c1)CC[C@H]([C@](C)(N)CO)CC2. The molecular formula is C22H37NO. The molecule has 24 heavy (non-hydrogen) atoms. The van der Waals surface area contributed by atoms with Crippen molar-refractivity contribution in [2.45, 2.75) is 90.0 Å². The second kappa shape index (κ2) is 9.58. The Hall–Kier alpha value is -0.860. The topological polar surface area (TPSA) is 46.2 Å². The maximum atomic E-state index is 9.55. The van der Waals surface area contributed by atoms with Gasteiger partial charge < -0.3 is 10.8 Å². The van der Waals surface area contributed by atoms with Crippen LogP contribution in [0.2, 0.25) is 0 Å². The molecule has 0 amide bonds. The molecule has 0 bridgehead atoms. The van der Waals surface area contributed by atoms with Crippen LogP contribution in [0, 0.1) is 5.92 Å². The third-order valence-electron chi connectivity index (χ3n) is 5.89. The van der Waals surface area contributed by atoms with E-state index in [1.807, 2.05) is 6.92 Å². The van der Waals surface area contributed by atoms with Crippen molar-refractivity contribution in [3.8, 4) is 0 Å². The van der Waals surface area contributed by atoms with E-state index in [0.717, 1.165) is 25.7 Å². The quantitative estimate of drug-likeness (QED) is 0.504. The Morgan fingerprint density at radius 2 is 1.71 bits per heavy atom. The summed E-state index contributed by atoms with van der Waals surface area (Å²) in [4.78, 5) is 0. The molecule has 1 aromatic carbocycles. The first-order valence-electron chi connectivity index (χ1n) is 10.1. The Labute approximate surface area is 148 Å². The van der Waals surface area contributed by atoms with E-state index in [1.165, 1.54) is 61.6 Å². The summed E-state index contributed by atoms with van der Waals surface area (Å²) in [6.45, 7) is 4.35. The van der Waals surface area contributed by atoms with Gasteiger partial charge in [0.2, 0.25) is 0 Å². The Bertz CT molecular complexity index is 495. The highest BCUT2D eigenvalue weighted by atomic mass is 16.3. The molecular weight excluding hydrogens is 294 g/mol. The van der Waals surface area contributed by atoms with Crippen LogP contribution in [0.1, 0.15) is 81.9 Å². The molecule has 0 radical (unpaired) electrons. The zero-order valence-electron chi connectivity index (χ0n) is 15.8. The van der Waals surface area contributed by atoms with Crippen LogP contribution < -0.4 is 5.73 Å². The van der Waals surface area contributed by atoms with Gasteiger partial charge in [-0.25, -0.2) is 0 Å². The lowest BCUT2D eigenvalue weighted by atomic mass is 9.81.